The van der Waals surface area contributed by atoms with Gasteiger partial charge in [0.25, 0.3) is 27.4 Å². The molecule has 1 aromatic heterocycles. The number of hydrazine groups is 1. The lowest BCUT2D eigenvalue weighted by molar-refractivity contribution is -0.137. The Morgan fingerprint density at radius 1 is 0.941 bits per heavy atom. The molecule has 3 N–H and O–H groups in total. The van der Waals surface area contributed by atoms with Crippen LogP contribution in [0.25, 0.3) is 0 Å². The maximum atomic E-state index is 12.9. The molecule has 14 heteroatoms. The summed E-state index contributed by atoms with van der Waals surface area (Å²) in [6.45, 7) is 0. The van der Waals surface area contributed by atoms with E-state index in [4.69, 9.17) is 0 Å². The van der Waals surface area contributed by atoms with Crippen molar-refractivity contribution in [3.63, 3.8) is 0 Å². The van der Waals surface area contributed by atoms with Crippen LogP contribution in [0.4, 0.5) is 18.9 Å². The van der Waals surface area contributed by atoms with E-state index in [9.17, 15) is 36.0 Å². The first-order chi connectivity index (χ1) is 15.9. The smallest absolute Gasteiger partial charge is 0.280 e. The molecular weight excluding hydrogens is 479 g/mol. The number of aryl methyl sites for hydroxylation is 1. The predicted octanol–water partition coefficient (Wildman–Crippen LogP) is 1.67. The van der Waals surface area contributed by atoms with Gasteiger partial charge in [-0.25, -0.2) is 13.1 Å². The van der Waals surface area contributed by atoms with Crippen LogP contribution in [0.3, 0.4) is 0 Å². The van der Waals surface area contributed by atoms with Gasteiger partial charge in [-0.3, -0.25) is 30.0 Å². The van der Waals surface area contributed by atoms with Crippen molar-refractivity contribution in [1.82, 2.24) is 20.6 Å². The highest BCUT2D eigenvalue weighted by molar-refractivity contribution is 7.92. The minimum Gasteiger partial charge on any atom is -0.280 e. The molecule has 0 bridgehead atoms. The van der Waals surface area contributed by atoms with E-state index in [0.717, 1.165) is 47.1 Å². The quantitative estimate of drug-likeness (QED) is 0.460. The van der Waals surface area contributed by atoms with Gasteiger partial charge in [-0.15, -0.1) is 0 Å². The summed E-state index contributed by atoms with van der Waals surface area (Å²) in [5, 5.41) is 3.71. The second kappa shape index (κ2) is 9.35. The molecule has 0 aliphatic heterocycles. The Morgan fingerprint density at radius 2 is 1.62 bits per heavy atom. The molecule has 0 unspecified atom stereocenters. The number of nitrogens with zero attached hydrogens (tertiary/aromatic N) is 2. The van der Waals surface area contributed by atoms with Gasteiger partial charge >= 0.3 is 6.18 Å². The van der Waals surface area contributed by atoms with Gasteiger partial charge in [-0.1, -0.05) is 12.1 Å². The van der Waals surface area contributed by atoms with Crippen LogP contribution < -0.4 is 21.1 Å². The van der Waals surface area contributed by atoms with Gasteiger partial charge in [-0.05, 0) is 42.5 Å². The number of halogens is 3. The number of benzene rings is 2. The van der Waals surface area contributed by atoms with Gasteiger partial charge in [0.15, 0.2) is 5.69 Å². The van der Waals surface area contributed by atoms with Crippen LogP contribution >= 0.6 is 0 Å². The van der Waals surface area contributed by atoms with E-state index in [1.165, 1.54) is 19.2 Å². The molecule has 0 saturated carbocycles. The number of sulfonamides is 1. The van der Waals surface area contributed by atoms with Crippen LogP contribution in [0, 0.1) is 0 Å². The lowest BCUT2D eigenvalue weighted by Gasteiger charge is -2.12. The van der Waals surface area contributed by atoms with E-state index in [1.54, 1.807) is 0 Å². The normalized spacial score (nSPS) is 11.5. The first-order valence-corrected chi connectivity index (χ1v) is 10.8. The number of carbonyl (C=O) groups excluding carboxylic acids is 2. The van der Waals surface area contributed by atoms with Gasteiger partial charge in [0.2, 0.25) is 0 Å². The molecule has 0 atom stereocenters. The fourth-order valence-electron chi connectivity index (χ4n) is 2.65. The summed E-state index contributed by atoms with van der Waals surface area (Å²) in [5.74, 6) is -1.71. The second-order valence-electron chi connectivity index (χ2n) is 6.80. The lowest BCUT2D eigenvalue weighted by atomic mass is 10.2. The molecular formula is C20H16F3N5O5S. The molecule has 10 nitrogen and oxygen atoms in total. The third-order valence-corrected chi connectivity index (χ3v) is 5.71. The highest BCUT2D eigenvalue weighted by Crippen LogP contribution is 2.31. The molecule has 2 amide bonds. The fourth-order valence-corrected chi connectivity index (χ4v) is 3.75. The molecule has 0 fully saturated rings. The Balaban J connectivity index is 1.73. The molecule has 3 aromatic rings. The Bertz CT molecular complexity index is 1420. The third-order valence-electron chi connectivity index (χ3n) is 4.33. The number of hydrogen-bond donors (Lipinski definition) is 3. The molecule has 0 aliphatic rings. The molecule has 178 valence electrons. The summed E-state index contributed by atoms with van der Waals surface area (Å²) >= 11 is 0. The Morgan fingerprint density at radius 3 is 2.29 bits per heavy atom. The number of hydrogen-bond acceptors (Lipinski definition) is 6. The maximum Gasteiger partial charge on any atom is 0.416 e. The van der Waals surface area contributed by atoms with E-state index in [2.05, 4.69) is 16.0 Å². The van der Waals surface area contributed by atoms with Crippen LogP contribution in [-0.2, 0) is 23.2 Å². The summed E-state index contributed by atoms with van der Waals surface area (Å²) in [5.41, 5.74) is 2.02. The average Bonchev–Trinajstić information content (AvgIpc) is 2.78. The molecule has 3 rings (SSSR count). The zero-order valence-corrected chi connectivity index (χ0v) is 18.1. The topological polar surface area (TPSA) is 139 Å². The number of carbonyl (C=O) groups is 2. The molecule has 1 heterocycles. The summed E-state index contributed by atoms with van der Waals surface area (Å²) < 4.78 is 66.8. The lowest BCUT2D eigenvalue weighted by Crippen LogP contribution is -2.42. The SMILES string of the molecule is Cn1nc(C(=O)NNC(=O)c2cccc(S(=O)(=O)Nc3cccc(C(F)(F)F)c3)c2)ccc1=O. The van der Waals surface area contributed by atoms with Crippen molar-refractivity contribution in [2.75, 3.05) is 4.72 Å². The van der Waals surface area contributed by atoms with E-state index >= 15 is 0 Å². The number of alkyl halides is 3. The first kappa shape index (κ1) is 24.4. The third kappa shape index (κ3) is 5.78. The number of nitrogens with one attached hydrogen (secondary N) is 3. The largest absolute Gasteiger partial charge is 0.416 e. The van der Waals surface area contributed by atoms with Gasteiger partial charge in [0, 0.05) is 24.4 Å². The summed E-state index contributed by atoms with van der Waals surface area (Å²) in [6.07, 6.45) is -4.66. The standard InChI is InChI=1S/C20H16F3N5O5S/c1-28-17(29)9-8-16(26-28)19(31)25-24-18(30)12-4-2-7-15(10-12)34(32,33)27-14-6-3-5-13(11-14)20(21,22)23/h2-11,27H,1H3,(H,24,30)(H,25,31). The number of rotatable bonds is 5. The first-order valence-electron chi connectivity index (χ1n) is 9.32. The summed E-state index contributed by atoms with van der Waals surface area (Å²) in [7, 11) is -3.01. The average molecular weight is 495 g/mol. The van der Waals surface area contributed by atoms with Crippen LogP contribution in [0.15, 0.2) is 70.4 Å². The molecule has 34 heavy (non-hydrogen) atoms. The monoisotopic (exact) mass is 495 g/mol. The van der Waals surface area contributed by atoms with Gasteiger partial charge in [0.05, 0.1) is 10.5 Å². The van der Waals surface area contributed by atoms with Gasteiger partial charge < -0.3 is 0 Å². The molecule has 0 saturated heterocycles. The van der Waals surface area contributed by atoms with Crippen molar-refractivity contribution in [2.45, 2.75) is 11.1 Å². The van der Waals surface area contributed by atoms with Crippen molar-refractivity contribution in [3.8, 4) is 0 Å². The minimum absolute atomic E-state index is 0.163. The summed E-state index contributed by atoms with van der Waals surface area (Å²) in [4.78, 5) is 35.4. The van der Waals surface area contributed by atoms with Crippen molar-refractivity contribution >= 4 is 27.5 Å². The zero-order valence-electron chi connectivity index (χ0n) is 17.3. The van der Waals surface area contributed by atoms with Crippen LogP contribution in [-0.4, -0.2) is 30.0 Å². The Hall–Kier alpha value is -4.20. The van der Waals surface area contributed by atoms with Crippen molar-refractivity contribution in [2.24, 2.45) is 7.05 Å². The molecule has 0 aliphatic carbocycles. The number of anilines is 1. The minimum atomic E-state index is -4.66. The van der Waals surface area contributed by atoms with Gasteiger partial charge in [0.1, 0.15) is 0 Å². The van der Waals surface area contributed by atoms with Crippen molar-refractivity contribution < 1.29 is 31.2 Å². The number of aromatic nitrogens is 2. The highest BCUT2D eigenvalue weighted by Gasteiger charge is 2.30. The van der Waals surface area contributed by atoms with Crippen LogP contribution in [0.5, 0.6) is 0 Å². The predicted molar refractivity (Wildman–Crippen MR) is 113 cm³/mol. The zero-order chi connectivity index (χ0) is 25.1. The summed E-state index contributed by atoms with van der Waals surface area (Å²) in [6, 6.07) is 10.5. The van der Waals surface area contributed by atoms with Crippen LogP contribution in [0.1, 0.15) is 26.4 Å². The van der Waals surface area contributed by atoms with Gasteiger partial charge in [-0.2, -0.15) is 18.3 Å². The highest BCUT2D eigenvalue weighted by atomic mass is 32.2. The molecule has 0 spiro atoms. The number of amides is 2. The van der Waals surface area contributed by atoms with Crippen molar-refractivity contribution in [3.05, 3.63) is 87.8 Å². The van der Waals surface area contributed by atoms with E-state index in [1.807, 2.05) is 4.72 Å². The maximum absolute atomic E-state index is 12.9. The fraction of sp³-hybridized carbons (Fsp3) is 0.100. The van der Waals surface area contributed by atoms with E-state index in [0.29, 0.717) is 6.07 Å². The van der Waals surface area contributed by atoms with Crippen LogP contribution in [0.2, 0.25) is 0 Å². The second-order valence-corrected chi connectivity index (χ2v) is 8.48. The van der Waals surface area contributed by atoms with E-state index < -0.39 is 44.0 Å². The Kier molecular flexibility index (Phi) is 6.72. The van der Waals surface area contributed by atoms with E-state index in [-0.39, 0.29) is 16.9 Å². The van der Waals surface area contributed by atoms with Crippen molar-refractivity contribution in [1.29, 1.82) is 0 Å². The Labute approximate surface area is 190 Å². The molecule has 2 aromatic carbocycles. The molecule has 0 radical (unpaired) electrons.